The van der Waals surface area contributed by atoms with Crippen molar-refractivity contribution in [2.24, 2.45) is 0 Å². The maximum atomic E-state index is 12.2. The zero-order valence-electron chi connectivity index (χ0n) is 12.6. The van der Waals surface area contributed by atoms with Crippen LogP contribution in [0.25, 0.3) is 0 Å². The minimum atomic E-state index is -4.36. The standard InChI is InChI=1S/C13H17F3N6O/c1-8(5-10-6-9(2)19-20-10)17-12(23)18-11-3-4-22(21-11)7-13(14,15)16/h3-4,6,8H,5,7H2,1-2H3,(H,19,20)(H2,17,18,21,23). The molecule has 0 aromatic carbocycles. The van der Waals surface area contributed by atoms with Crippen LogP contribution in [0.3, 0.4) is 0 Å². The van der Waals surface area contributed by atoms with Crippen molar-refractivity contribution in [3.8, 4) is 0 Å². The first-order valence-electron chi connectivity index (χ1n) is 6.90. The number of rotatable bonds is 5. The molecule has 7 nitrogen and oxygen atoms in total. The molecule has 0 aliphatic carbocycles. The SMILES string of the molecule is Cc1cc(CC(C)NC(=O)Nc2ccn(CC(F)(F)F)n2)n[nH]1. The van der Waals surface area contributed by atoms with Gasteiger partial charge in [-0.05, 0) is 19.9 Å². The van der Waals surface area contributed by atoms with Crippen LogP contribution in [0.15, 0.2) is 18.3 Å². The summed E-state index contributed by atoms with van der Waals surface area (Å²) in [6.07, 6.45) is -2.68. The number of hydrogen-bond donors (Lipinski definition) is 3. The van der Waals surface area contributed by atoms with Gasteiger partial charge in [-0.3, -0.25) is 15.1 Å². The van der Waals surface area contributed by atoms with E-state index in [1.165, 1.54) is 6.07 Å². The number of nitrogens with one attached hydrogen (secondary N) is 3. The van der Waals surface area contributed by atoms with Crippen molar-refractivity contribution in [2.45, 2.75) is 39.0 Å². The van der Waals surface area contributed by atoms with E-state index >= 15 is 0 Å². The molecule has 23 heavy (non-hydrogen) atoms. The van der Waals surface area contributed by atoms with Gasteiger partial charge < -0.3 is 5.32 Å². The summed E-state index contributed by atoms with van der Waals surface area (Å²) in [6, 6.07) is 2.43. The lowest BCUT2D eigenvalue weighted by Gasteiger charge is -2.12. The molecule has 0 spiro atoms. The maximum absolute atomic E-state index is 12.2. The second-order valence-electron chi connectivity index (χ2n) is 5.26. The number of hydrogen-bond acceptors (Lipinski definition) is 3. The zero-order valence-corrected chi connectivity index (χ0v) is 12.6. The third kappa shape index (κ3) is 5.64. The predicted molar refractivity (Wildman–Crippen MR) is 76.9 cm³/mol. The van der Waals surface area contributed by atoms with E-state index < -0.39 is 18.8 Å². The highest BCUT2D eigenvalue weighted by Crippen LogP contribution is 2.17. The molecule has 0 radical (unpaired) electrons. The van der Waals surface area contributed by atoms with Crippen LogP contribution in [0.1, 0.15) is 18.3 Å². The summed E-state index contributed by atoms with van der Waals surface area (Å²) in [4.78, 5) is 11.8. The van der Waals surface area contributed by atoms with Gasteiger partial charge >= 0.3 is 12.2 Å². The first kappa shape index (κ1) is 16.8. The van der Waals surface area contributed by atoms with Crippen LogP contribution >= 0.6 is 0 Å². The van der Waals surface area contributed by atoms with Crippen molar-refractivity contribution in [3.63, 3.8) is 0 Å². The third-order valence-corrected chi connectivity index (χ3v) is 2.88. The molecular formula is C13H17F3N6O. The van der Waals surface area contributed by atoms with Crippen LogP contribution in [-0.4, -0.2) is 38.2 Å². The van der Waals surface area contributed by atoms with Gasteiger partial charge in [0.2, 0.25) is 0 Å². The second kappa shape index (κ2) is 6.71. The first-order valence-corrected chi connectivity index (χ1v) is 6.90. The summed E-state index contributed by atoms with van der Waals surface area (Å²) in [5.74, 6) is 0.0505. The number of halogens is 3. The Morgan fingerprint density at radius 1 is 1.48 bits per heavy atom. The first-order chi connectivity index (χ1) is 10.7. The fourth-order valence-electron chi connectivity index (χ4n) is 2.02. The average molecular weight is 330 g/mol. The van der Waals surface area contributed by atoms with Gasteiger partial charge in [0, 0.05) is 30.4 Å². The number of aryl methyl sites for hydroxylation is 1. The second-order valence-corrected chi connectivity index (χ2v) is 5.26. The van der Waals surface area contributed by atoms with E-state index in [4.69, 9.17) is 0 Å². The molecule has 0 fully saturated rings. The minimum absolute atomic E-state index is 0.0505. The fourth-order valence-corrected chi connectivity index (χ4v) is 2.02. The highest BCUT2D eigenvalue weighted by Gasteiger charge is 2.28. The van der Waals surface area contributed by atoms with Crippen molar-refractivity contribution in [2.75, 3.05) is 5.32 Å². The van der Waals surface area contributed by atoms with E-state index in [2.05, 4.69) is 25.9 Å². The lowest BCUT2D eigenvalue weighted by molar-refractivity contribution is -0.142. The number of aromatic amines is 1. The van der Waals surface area contributed by atoms with Gasteiger partial charge in [0.25, 0.3) is 0 Å². The number of carbonyl (C=O) groups excluding carboxylic acids is 1. The summed E-state index contributed by atoms with van der Waals surface area (Å²) in [6.45, 7) is 2.47. The number of amides is 2. The Morgan fingerprint density at radius 3 is 2.83 bits per heavy atom. The largest absolute Gasteiger partial charge is 0.408 e. The average Bonchev–Trinajstić information content (AvgIpc) is 2.96. The molecule has 1 atom stereocenters. The Bertz CT molecular complexity index is 663. The number of H-pyrrole nitrogens is 1. The Hall–Kier alpha value is -2.52. The van der Waals surface area contributed by atoms with Crippen LogP contribution in [-0.2, 0) is 13.0 Å². The predicted octanol–water partition coefficient (Wildman–Crippen LogP) is 2.23. The molecule has 126 valence electrons. The van der Waals surface area contributed by atoms with E-state index in [0.717, 1.165) is 17.6 Å². The van der Waals surface area contributed by atoms with Gasteiger partial charge in [0.15, 0.2) is 5.82 Å². The Labute approximate surface area is 130 Å². The van der Waals surface area contributed by atoms with Gasteiger partial charge in [-0.1, -0.05) is 0 Å². The lowest BCUT2D eigenvalue weighted by atomic mass is 10.2. The molecule has 1 unspecified atom stereocenters. The van der Waals surface area contributed by atoms with Crippen LogP contribution in [0.2, 0.25) is 0 Å². The highest BCUT2D eigenvalue weighted by molar-refractivity contribution is 5.88. The molecule has 2 aromatic rings. The molecule has 2 amide bonds. The maximum Gasteiger partial charge on any atom is 0.408 e. The monoisotopic (exact) mass is 330 g/mol. The molecule has 0 bridgehead atoms. The summed E-state index contributed by atoms with van der Waals surface area (Å²) in [5.41, 5.74) is 1.73. The molecule has 0 saturated carbocycles. The van der Waals surface area contributed by atoms with Gasteiger partial charge in [0.05, 0.1) is 5.69 Å². The van der Waals surface area contributed by atoms with Crippen molar-refractivity contribution in [1.82, 2.24) is 25.3 Å². The van der Waals surface area contributed by atoms with Crippen molar-refractivity contribution in [3.05, 3.63) is 29.7 Å². The highest BCUT2D eigenvalue weighted by atomic mass is 19.4. The molecule has 0 aliphatic heterocycles. The van der Waals surface area contributed by atoms with Crippen LogP contribution in [0.5, 0.6) is 0 Å². The van der Waals surface area contributed by atoms with Crippen LogP contribution < -0.4 is 10.6 Å². The summed E-state index contributed by atoms with van der Waals surface area (Å²) < 4.78 is 37.4. The molecule has 3 N–H and O–H groups in total. The summed E-state index contributed by atoms with van der Waals surface area (Å²) in [5, 5.41) is 15.6. The van der Waals surface area contributed by atoms with E-state index in [1.54, 1.807) is 6.92 Å². The minimum Gasteiger partial charge on any atom is -0.335 e. The van der Waals surface area contributed by atoms with Gasteiger partial charge in [-0.15, -0.1) is 0 Å². The van der Waals surface area contributed by atoms with E-state index in [9.17, 15) is 18.0 Å². The molecule has 0 saturated heterocycles. The molecule has 0 aliphatic rings. The zero-order chi connectivity index (χ0) is 17.0. The number of urea groups is 1. The van der Waals surface area contributed by atoms with Gasteiger partial charge in [0.1, 0.15) is 6.54 Å². The summed E-state index contributed by atoms with van der Waals surface area (Å²) in [7, 11) is 0. The molecule has 2 heterocycles. The van der Waals surface area contributed by atoms with E-state index in [0.29, 0.717) is 11.1 Å². The van der Waals surface area contributed by atoms with Gasteiger partial charge in [-0.2, -0.15) is 23.4 Å². The van der Waals surface area contributed by atoms with Crippen LogP contribution in [0, 0.1) is 6.92 Å². The Kier molecular flexibility index (Phi) is 4.92. The van der Waals surface area contributed by atoms with E-state index in [-0.39, 0.29) is 11.9 Å². The normalized spacial score (nSPS) is 12.9. The number of aromatic nitrogens is 4. The quantitative estimate of drug-likeness (QED) is 0.785. The van der Waals surface area contributed by atoms with Crippen molar-refractivity contribution in [1.29, 1.82) is 0 Å². The van der Waals surface area contributed by atoms with Gasteiger partial charge in [-0.25, -0.2) is 4.79 Å². The van der Waals surface area contributed by atoms with Crippen LogP contribution in [0.4, 0.5) is 23.8 Å². The Morgan fingerprint density at radius 2 is 2.22 bits per heavy atom. The number of anilines is 1. The topological polar surface area (TPSA) is 87.6 Å². The Balaban J connectivity index is 1.82. The number of alkyl halides is 3. The molecule has 2 aromatic heterocycles. The lowest BCUT2D eigenvalue weighted by Crippen LogP contribution is -2.37. The number of carbonyl (C=O) groups is 1. The molecule has 2 rings (SSSR count). The summed E-state index contributed by atoms with van der Waals surface area (Å²) >= 11 is 0. The molecule has 10 heteroatoms. The third-order valence-electron chi connectivity index (χ3n) is 2.88. The molecular weight excluding hydrogens is 313 g/mol. The van der Waals surface area contributed by atoms with Crippen molar-refractivity contribution >= 4 is 11.8 Å². The number of nitrogens with zero attached hydrogens (tertiary/aromatic N) is 3. The fraction of sp³-hybridized carbons (Fsp3) is 0.462. The van der Waals surface area contributed by atoms with E-state index in [1.807, 2.05) is 13.0 Å². The van der Waals surface area contributed by atoms with Crippen molar-refractivity contribution < 1.29 is 18.0 Å². The smallest absolute Gasteiger partial charge is 0.335 e.